The van der Waals surface area contributed by atoms with Crippen molar-refractivity contribution in [2.24, 2.45) is 5.73 Å². The van der Waals surface area contributed by atoms with E-state index < -0.39 is 6.04 Å². The minimum absolute atomic E-state index is 0. The van der Waals surface area contributed by atoms with Gasteiger partial charge in [-0.2, -0.15) is 11.8 Å². The standard InChI is InChI=1S/C19H21FN4OS.2ClH/c1-26-9-8-15(21)19(25)22-13-6-7-16-17(11-13)24-18(23-16)10-12-4-2-3-5-14(12)20;;/h2-7,11,15H,8-10,21H2,1H3,(H,22,25)(H,23,24);2*1H/t15-;;/m0../s1. The zero-order valence-electron chi connectivity index (χ0n) is 15.3. The molecule has 0 aliphatic carbocycles. The molecule has 0 spiro atoms. The number of carbonyl (C=O) groups is 1. The average Bonchev–Trinajstić information content (AvgIpc) is 3.03. The first-order valence-electron chi connectivity index (χ1n) is 8.34. The molecule has 152 valence electrons. The summed E-state index contributed by atoms with van der Waals surface area (Å²) >= 11 is 1.66. The molecule has 0 saturated carbocycles. The molecule has 1 amide bonds. The first-order chi connectivity index (χ1) is 12.6. The van der Waals surface area contributed by atoms with Crippen molar-refractivity contribution in [2.75, 3.05) is 17.3 Å². The summed E-state index contributed by atoms with van der Waals surface area (Å²) in [5.41, 5.74) is 8.67. The monoisotopic (exact) mass is 444 g/mol. The van der Waals surface area contributed by atoms with E-state index in [2.05, 4.69) is 15.3 Å². The first-order valence-corrected chi connectivity index (χ1v) is 9.73. The molecule has 1 heterocycles. The van der Waals surface area contributed by atoms with Crippen molar-refractivity contribution in [2.45, 2.75) is 18.9 Å². The second-order valence-electron chi connectivity index (χ2n) is 6.06. The molecule has 9 heteroatoms. The van der Waals surface area contributed by atoms with Crippen LogP contribution < -0.4 is 11.1 Å². The fraction of sp³-hybridized carbons (Fsp3) is 0.263. The van der Waals surface area contributed by atoms with E-state index in [0.29, 0.717) is 29.9 Å². The van der Waals surface area contributed by atoms with E-state index in [0.717, 1.165) is 16.8 Å². The average molecular weight is 445 g/mol. The molecule has 4 N–H and O–H groups in total. The molecular weight excluding hydrogens is 422 g/mol. The number of anilines is 1. The quantitative estimate of drug-likeness (QED) is 0.510. The highest BCUT2D eigenvalue weighted by atomic mass is 35.5. The number of hydrogen-bond acceptors (Lipinski definition) is 4. The van der Waals surface area contributed by atoms with Crippen LogP contribution >= 0.6 is 36.6 Å². The van der Waals surface area contributed by atoms with E-state index in [-0.39, 0.29) is 36.5 Å². The number of imidazole rings is 1. The molecule has 0 aliphatic heterocycles. The zero-order valence-corrected chi connectivity index (χ0v) is 17.7. The summed E-state index contributed by atoms with van der Waals surface area (Å²) in [6.07, 6.45) is 2.99. The highest BCUT2D eigenvalue weighted by Gasteiger charge is 2.14. The van der Waals surface area contributed by atoms with E-state index in [1.165, 1.54) is 6.07 Å². The van der Waals surface area contributed by atoms with Gasteiger partial charge in [-0.25, -0.2) is 9.37 Å². The van der Waals surface area contributed by atoms with Gasteiger partial charge in [0.15, 0.2) is 0 Å². The van der Waals surface area contributed by atoms with E-state index in [1.807, 2.05) is 18.4 Å². The second kappa shape index (κ2) is 11.3. The number of aromatic nitrogens is 2. The van der Waals surface area contributed by atoms with Crippen molar-refractivity contribution < 1.29 is 9.18 Å². The summed E-state index contributed by atoms with van der Waals surface area (Å²) in [4.78, 5) is 19.8. The van der Waals surface area contributed by atoms with Crippen molar-refractivity contribution in [1.29, 1.82) is 0 Å². The fourth-order valence-corrected chi connectivity index (χ4v) is 3.15. The number of halogens is 3. The SMILES string of the molecule is CSCC[C@H](N)C(=O)Nc1ccc2nc(Cc3ccccc3F)[nH]c2c1.Cl.Cl. The largest absolute Gasteiger partial charge is 0.342 e. The Bertz CT molecular complexity index is 922. The van der Waals surface area contributed by atoms with Crippen LogP contribution in [0.15, 0.2) is 42.5 Å². The van der Waals surface area contributed by atoms with E-state index in [9.17, 15) is 9.18 Å². The molecule has 5 nitrogen and oxygen atoms in total. The number of nitrogens with zero attached hydrogens (tertiary/aromatic N) is 1. The number of amides is 1. The maximum absolute atomic E-state index is 13.8. The number of nitrogens with two attached hydrogens (primary N) is 1. The van der Waals surface area contributed by atoms with E-state index in [4.69, 9.17) is 5.73 Å². The van der Waals surface area contributed by atoms with Crippen LogP contribution in [0.1, 0.15) is 17.8 Å². The molecule has 3 aromatic rings. The maximum Gasteiger partial charge on any atom is 0.241 e. The van der Waals surface area contributed by atoms with Gasteiger partial charge in [-0.15, -0.1) is 24.8 Å². The van der Waals surface area contributed by atoms with Crippen LogP contribution in [0, 0.1) is 5.82 Å². The molecule has 0 fully saturated rings. The van der Waals surface area contributed by atoms with Crippen molar-refractivity contribution >= 4 is 59.2 Å². The number of carbonyl (C=O) groups excluding carboxylic acids is 1. The summed E-state index contributed by atoms with van der Waals surface area (Å²) in [7, 11) is 0. The van der Waals surface area contributed by atoms with Crippen molar-refractivity contribution in [3.8, 4) is 0 Å². The molecular formula is C19H23Cl2FN4OS. The highest BCUT2D eigenvalue weighted by molar-refractivity contribution is 7.98. The zero-order chi connectivity index (χ0) is 18.5. The predicted molar refractivity (Wildman–Crippen MR) is 119 cm³/mol. The molecule has 1 aromatic heterocycles. The van der Waals surface area contributed by atoms with Crippen LogP contribution in [-0.2, 0) is 11.2 Å². The minimum atomic E-state index is -0.531. The van der Waals surface area contributed by atoms with Crippen LogP contribution in [-0.4, -0.2) is 33.9 Å². The molecule has 3 rings (SSSR count). The fourth-order valence-electron chi connectivity index (χ4n) is 2.66. The number of fused-ring (bicyclic) bond motifs is 1. The van der Waals surface area contributed by atoms with Gasteiger partial charge in [0.1, 0.15) is 11.6 Å². The highest BCUT2D eigenvalue weighted by Crippen LogP contribution is 2.19. The van der Waals surface area contributed by atoms with Gasteiger partial charge in [-0.1, -0.05) is 18.2 Å². The van der Waals surface area contributed by atoms with E-state index in [1.54, 1.807) is 36.0 Å². The molecule has 0 bridgehead atoms. The smallest absolute Gasteiger partial charge is 0.241 e. The predicted octanol–water partition coefficient (Wildman–Crippen LogP) is 4.16. The van der Waals surface area contributed by atoms with Gasteiger partial charge >= 0.3 is 0 Å². The minimum Gasteiger partial charge on any atom is -0.342 e. The van der Waals surface area contributed by atoms with Gasteiger partial charge in [-0.3, -0.25) is 4.79 Å². The maximum atomic E-state index is 13.8. The van der Waals surface area contributed by atoms with Crippen LogP contribution in [0.25, 0.3) is 11.0 Å². The number of thioether (sulfide) groups is 1. The van der Waals surface area contributed by atoms with Crippen LogP contribution in [0.5, 0.6) is 0 Å². The second-order valence-corrected chi connectivity index (χ2v) is 7.05. The lowest BCUT2D eigenvalue weighted by molar-refractivity contribution is -0.117. The van der Waals surface area contributed by atoms with Crippen LogP contribution in [0.4, 0.5) is 10.1 Å². The van der Waals surface area contributed by atoms with Crippen molar-refractivity contribution in [1.82, 2.24) is 9.97 Å². The molecule has 0 unspecified atom stereocenters. The summed E-state index contributed by atoms with van der Waals surface area (Å²) in [5, 5.41) is 2.83. The molecule has 0 saturated heterocycles. The van der Waals surface area contributed by atoms with Gasteiger partial charge in [-0.05, 0) is 48.3 Å². The Morgan fingerprint density at radius 1 is 1.29 bits per heavy atom. The Morgan fingerprint density at radius 3 is 2.75 bits per heavy atom. The van der Waals surface area contributed by atoms with Gasteiger partial charge in [0.25, 0.3) is 0 Å². The Labute approximate surface area is 179 Å². The Morgan fingerprint density at radius 2 is 2.04 bits per heavy atom. The number of rotatable bonds is 7. The number of nitrogens with one attached hydrogen (secondary N) is 2. The number of benzene rings is 2. The summed E-state index contributed by atoms with van der Waals surface area (Å²) < 4.78 is 13.8. The normalized spacial score (nSPS) is 11.4. The Kier molecular flexibility index (Phi) is 9.75. The third-order valence-corrected chi connectivity index (χ3v) is 4.73. The van der Waals surface area contributed by atoms with Crippen LogP contribution in [0.3, 0.4) is 0 Å². The summed E-state index contributed by atoms with van der Waals surface area (Å²) in [5.74, 6) is 1.06. The Hall–Kier alpha value is -1.80. The number of aromatic amines is 1. The van der Waals surface area contributed by atoms with E-state index >= 15 is 0 Å². The summed E-state index contributed by atoms with van der Waals surface area (Å²) in [6.45, 7) is 0. The van der Waals surface area contributed by atoms with Crippen molar-refractivity contribution in [3.63, 3.8) is 0 Å². The van der Waals surface area contributed by atoms with Gasteiger partial charge < -0.3 is 16.0 Å². The third kappa shape index (κ3) is 6.10. The topological polar surface area (TPSA) is 83.8 Å². The molecule has 2 aromatic carbocycles. The number of hydrogen-bond donors (Lipinski definition) is 3. The van der Waals surface area contributed by atoms with Crippen LogP contribution in [0.2, 0.25) is 0 Å². The molecule has 0 aliphatic rings. The lowest BCUT2D eigenvalue weighted by Crippen LogP contribution is -2.36. The van der Waals surface area contributed by atoms with Gasteiger partial charge in [0, 0.05) is 12.1 Å². The third-order valence-electron chi connectivity index (χ3n) is 4.08. The lowest BCUT2D eigenvalue weighted by atomic mass is 10.1. The molecule has 0 radical (unpaired) electrons. The summed E-state index contributed by atoms with van der Waals surface area (Å²) in [6, 6.07) is 11.5. The molecule has 1 atom stereocenters. The Balaban J connectivity index is 0.00000196. The number of H-pyrrole nitrogens is 1. The van der Waals surface area contributed by atoms with Gasteiger partial charge in [0.05, 0.1) is 17.1 Å². The van der Waals surface area contributed by atoms with Gasteiger partial charge in [0.2, 0.25) is 5.91 Å². The first kappa shape index (κ1) is 24.2. The molecule has 28 heavy (non-hydrogen) atoms. The van der Waals surface area contributed by atoms with Crippen molar-refractivity contribution in [3.05, 3.63) is 59.7 Å². The lowest BCUT2D eigenvalue weighted by Gasteiger charge is -2.11.